The van der Waals surface area contributed by atoms with Crippen molar-refractivity contribution in [1.82, 2.24) is 31.2 Å². The first-order valence-corrected chi connectivity index (χ1v) is 16.9. The quantitative estimate of drug-likeness (QED) is 0.0733. The summed E-state index contributed by atoms with van der Waals surface area (Å²) in [5, 5.41) is 38.8. The minimum atomic E-state index is -1.47. The van der Waals surface area contributed by atoms with Gasteiger partial charge >= 0.3 is 11.9 Å². The standard InChI is InChI=1S/C33H41N7O9S/c1-50-12-11-24(30(45)40-27(33(48)49)15-21-17-35-18-36-21)37-31(46)26(13-19-5-3-2-4-6-19)39-32(47)25(14-20-7-9-22(41)10-8-20)38-29(44)23(34)16-28(42)43/h2-10,17-18,23-27,41H,11-16,34H2,1H3,(H,35,36)(H,37,46)(H,38,44)(H,39,47)(H,40,45)(H,42,43)(H,48,49)/t23-,24-,25-,26-,27-/m0/s1. The smallest absolute Gasteiger partial charge is 0.326 e. The van der Waals surface area contributed by atoms with Crippen LogP contribution in [-0.4, -0.2) is 103 Å². The molecule has 50 heavy (non-hydrogen) atoms. The average molecular weight is 712 g/mol. The number of carbonyl (C=O) groups is 6. The summed E-state index contributed by atoms with van der Waals surface area (Å²) in [6.07, 6.45) is 3.85. The molecule has 5 atom stereocenters. The number of imidazole rings is 1. The van der Waals surface area contributed by atoms with Gasteiger partial charge in [-0.2, -0.15) is 11.8 Å². The average Bonchev–Trinajstić information content (AvgIpc) is 3.59. The lowest BCUT2D eigenvalue weighted by Gasteiger charge is -2.26. The van der Waals surface area contributed by atoms with Crippen molar-refractivity contribution >= 4 is 47.3 Å². The second-order valence-corrected chi connectivity index (χ2v) is 12.4. The fraction of sp³-hybridized carbons (Fsp3) is 0.364. The summed E-state index contributed by atoms with van der Waals surface area (Å²) in [5.41, 5.74) is 7.40. The molecule has 0 fully saturated rings. The third-order valence-corrected chi connectivity index (χ3v) is 8.14. The van der Waals surface area contributed by atoms with Crippen LogP contribution in [-0.2, 0) is 48.0 Å². The maximum atomic E-state index is 13.9. The normalized spacial score (nSPS) is 13.9. The highest BCUT2D eigenvalue weighted by Crippen LogP contribution is 2.13. The second kappa shape index (κ2) is 19.5. The van der Waals surface area contributed by atoms with Gasteiger partial charge < -0.3 is 47.3 Å². The number of nitrogens with zero attached hydrogens (tertiary/aromatic N) is 1. The Balaban J connectivity index is 1.86. The first kappa shape index (κ1) is 39.0. The number of carbonyl (C=O) groups excluding carboxylic acids is 4. The molecule has 1 aromatic heterocycles. The van der Waals surface area contributed by atoms with Crippen molar-refractivity contribution in [2.45, 2.75) is 62.3 Å². The Bertz CT molecular complexity index is 1590. The molecule has 0 saturated heterocycles. The van der Waals surface area contributed by atoms with Crippen LogP contribution in [0.1, 0.15) is 29.7 Å². The number of phenols is 1. The predicted octanol–water partition coefficient (Wildman–Crippen LogP) is -0.278. The Kier molecular flexibility index (Phi) is 15.3. The summed E-state index contributed by atoms with van der Waals surface area (Å²) in [7, 11) is 0. The number of carboxylic acids is 2. The summed E-state index contributed by atoms with van der Waals surface area (Å²) in [6.45, 7) is 0. The first-order valence-electron chi connectivity index (χ1n) is 15.6. The van der Waals surface area contributed by atoms with Crippen molar-refractivity contribution in [2.75, 3.05) is 12.0 Å². The van der Waals surface area contributed by atoms with Crippen molar-refractivity contribution in [3.63, 3.8) is 0 Å². The van der Waals surface area contributed by atoms with Gasteiger partial charge in [-0.15, -0.1) is 0 Å². The van der Waals surface area contributed by atoms with Gasteiger partial charge in [0.1, 0.15) is 29.9 Å². The van der Waals surface area contributed by atoms with E-state index in [1.807, 2.05) is 0 Å². The number of thioether (sulfide) groups is 1. The molecule has 1 heterocycles. The number of H-pyrrole nitrogens is 1. The van der Waals surface area contributed by atoms with E-state index in [1.54, 1.807) is 36.6 Å². The molecule has 3 rings (SSSR count). The van der Waals surface area contributed by atoms with Gasteiger partial charge in [0, 0.05) is 31.2 Å². The van der Waals surface area contributed by atoms with Crippen LogP contribution in [0.15, 0.2) is 67.1 Å². The van der Waals surface area contributed by atoms with Crippen molar-refractivity contribution in [2.24, 2.45) is 5.73 Å². The Morgan fingerprint density at radius 2 is 1.30 bits per heavy atom. The monoisotopic (exact) mass is 711 g/mol. The Labute approximate surface area is 292 Å². The number of aromatic amines is 1. The maximum absolute atomic E-state index is 13.9. The molecule has 0 aliphatic carbocycles. The zero-order valence-electron chi connectivity index (χ0n) is 27.2. The van der Waals surface area contributed by atoms with Crippen molar-refractivity contribution in [3.05, 3.63) is 83.9 Å². The number of hydrogen-bond acceptors (Lipinski definition) is 10. The lowest BCUT2D eigenvalue weighted by Crippen LogP contribution is -2.59. The van der Waals surface area contributed by atoms with Gasteiger partial charge in [-0.25, -0.2) is 9.78 Å². The largest absolute Gasteiger partial charge is 0.508 e. The minimum absolute atomic E-state index is 0.0226. The number of amides is 4. The second-order valence-electron chi connectivity index (χ2n) is 11.4. The molecule has 3 aromatic rings. The first-order chi connectivity index (χ1) is 23.9. The molecule has 0 bridgehead atoms. The minimum Gasteiger partial charge on any atom is -0.508 e. The van der Waals surface area contributed by atoms with E-state index in [9.17, 15) is 39.0 Å². The molecule has 0 radical (unpaired) electrons. The lowest BCUT2D eigenvalue weighted by atomic mass is 10.0. The van der Waals surface area contributed by atoms with E-state index >= 15 is 0 Å². The van der Waals surface area contributed by atoms with E-state index < -0.39 is 72.2 Å². The Morgan fingerprint density at radius 1 is 0.760 bits per heavy atom. The van der Waals surface area contributed by atoms with Gasteiger partial charge in [-0.1, -0.05) is 42.5 Å². The fourth-order valence-corrected chi connectivity index (χ4v) is 5.30. The summed E-state index contributed by atoms with van der Waals surface area (Å²) in [4.78, 5) is 83.6. The number of aromatic hydroxyl groups is 1. The number of rotatable bonds is 20. The van der Waals surface area contributed by atoms with Gasteiger partial charge in [-0.3, -0.25) is 24.0 Å². The number of nitrogens with one attached hydrogen (secondary N) is 5. The van der Waals surface area contributed by atoms with Crippen LogP contribution >= 0.6 is 11.8 Å². The summed E-state index contributed by atoms with van der Waals surface area (Å²) >= 11 is 1.41. The zero-order valence-corrected chi connectivity index (χ0v) is 28.0. The number of aromatic nitrogens is 2. The molecule has 0 unspecified atom stereocenters. The molecule has 17 heteroatoms. The van der Waals surface area contributed by atoms with Crippen LogP contribution < -0.4 is 27.0 Å². The van der Waals surface area contributed by atoms with Crippen molar-refractivity contribution in [3.8, 4) is 5.75 Å². The fourth-order valence-electron chi connectivity index (χ4n) is 4.83. The molecule has 268 valence electrons. The third kappa shape index (κ3) is 12.9. The van der Waals surface area contributed by atoms with Crippen LogP contribution in [0.2, 0.25) is 0 Å². The summed E-state index contributed by atoms with van der Waals surface area (Å²) in [6, 6.07) is 7.98. The van der Waals surface area contributed by atoms with Crippen LogP contribution in [0.25, 0.3) is 0 Å². The zero-order chi connectivity index (χ0) is 36.6. The van der Waals surface area contributed by atoms with Crippen molar-refractivity contribution < 1.29 is 44.1 Å². The van der Waals surface area contributed by atoms with Crippen LogP contribution in [0.3, 0.4) is 0 Å². The third-order valence-electron chi connectivity index (χ3n) is 7.49. The molecular formula is C33H41N7O9S. The van der Waals surface area contributed by atoms with Gasteiger partial charge in [0.05, 0.1) is 18.8 Å². The molecule has 0 saturated carbocycles. The maximum Gasteiger partial charge on any atom is 0.326 e. The number of hydrogen-bond donors (Lipinski definition) is 9. The topological polar surface area (TPSA) is 266 Å². The van der Waals surface area contributed by atoms with E-state index in [0.29, 0.717) is 22.6 Å². The van der Waals surface area contributed by atoms with Gasteiger partial charge in [0.2, 0.25) is 23.6 Å². The van der Waals surface area contributed by atoms with Crippen LogP contribution in [0.5, 0.6) is 5.75 Å². The van der Waals surface area contributed by atoms with Crippen LogP contribution in [0.4, 0.5) is 0 Å². The van der Waals surface area contributed by atoms with E-state index in [0.717, 1.165) is 0 Å². The molecule has 2 aromatic carbocycles. The highest BCUT2D eigenvalue weighted by molar-refractivity contribution is 7.98. The van der Waals surface area contributed by atoms with E-state index in [4.69, 9.17) is 10.8 Å². The van der Waals surface area contributed by atoms with Crippen LogP contribution in [0, 0.1) is 0 Å². The van der Waals surface area contributed by atoms with E-state index in [-0.39, 0.29) is 31.4 Å². The Morgan fingerprint density at radius 3 is 1.84 bits per heavy atom. The van der Waals surface area contributed by atoms with Gasteiger partial charge in [-0.05, 0) is 41.7 Å². The molecule has 16 nitrogen and oxygen atoms in total. The number of aliphatic carboxylic acids is 2. The summed E-state index contributed by atoms with van der Waals surface area (Å²) in [5.74, 6) is -5.41. The molecule has 0 spiro atoms. The molecule has 0 aliphatic rings. The van der Waals surface area contributed by atoms with E-state index in [2.05, 4.69) is 31.2 Å². The lowest BCUT2D eigenvalue weighted by molar-refractivity contribution is -0.142. The number of phenolic OH excluding ortho intramolecular Hbond substituents is 1. The number of carboxylic acid groups (broad SMARTS) is 2. The molecule has 4 amide bonds. The van der Waals surface area contributed by atoms with E-state index in [1.165, 1.54) is 48.6 Å². The number of nitrogens with two attached hydrogens (primary N) is 1. The molecular weight excluding hydrogens is 670 g/mol. The Hall–Kier alpha value is -5.42. The SMILES string of the molecule is CSCC[C@H](NC(=O)[C@H](Cc1ccccc1)NC(=O)[C@H](Cc1ccc(O)cc1)NC(=O)[C@@H](N)CC(=O)O)C(=O)N[C@@H](Cc1cnc[nH]1)C(=O)O. The van der Waals surface area contributed by atoms with Gasteiger partial charge in [0.15, 0.2) is 0 Å². The highest BCUT2D eigenvalue weighted by atomic mass is 32.2. The number of benzene rings is 2. The summed E-state index contributed by atoms with van der Waals surface area (Å²) < 4.78 is 0. The molecule has 0 aliphatic heterocycles. The highest BCUT2D eigenvalue weighted by Gasteiger charge is 2.32. The molecule has 10 N–H and O–H groups in total. The van der Waals surface area contributed by atoms with Crippen molar-refractivity contribution in [1.29, 1.82) is 0 Å². The van der Waals surface area contributed by atoms with Gasteiger partial charge in [0.25, 0.3) is 0 Å². The predicted molar refractivity (Wildman–Crippen MR) is 183 cm³/mol.